The second-order valence-electron chi connectivity index (χ2n) is 9.48. The van der Waals surface area contributed by atoms with Crippen molar-refractivity contribution >= 4 is 6.09 Å². The number of carbonyl (C=O) groups is 1. The molecule has 195 valence electrons. The van der Waals surface area contributed by atoms with Crippen LogP contribution in [0.5, 0.6) is 5.75 Å². The van der Waals surface area contributed by atoms with Gasteiger partial charge >= 0.3 is 6.09 Å². The molecule has 0 atom stereocenters. The topological polar surface area (TPSA) is 91.5 Å². The Morgan fingerprint density at radius 1 is 1.03 bits per heavy atom. The fourth-order valence-corrected chi connectivity index (χ4v) is 3.54. The molecule has 0 unspecified atom stereocenters. The Bertz CT molecular complexity index is 1330. The van der Waals surface area contributed by atoms with Gasteiger partial charge in [-0.2, -0.15) is 6.20 Å². The molecule has 3 aromatic heterocycles. The van der Waals surface area contributed by atoms with Crippen LogP contribution in [0.15, 0.2) is 67.0 Å². The summed E-state index contributed by atoms with van der Waals surface area (Å²) < 4.78 is 11.2. The van der Waals surface area contributed by atoms with Gasteiger partial charge in [-0.25, -0.2) is 4.79 Å². The average molecular weight is 677 g/mol. The number of amides is 1. The Kier molecular flexibility index (Phi) is 9.18. The standard InChI is InChI=1S/C28H30N5O3.Ir/c1-19-7-6-8-24(31-19)26-23(18-30-32-26)21-13-14-29-25(17-21)20-9-11-22(12-10-20)35-16-15-33(5)27(34)36-28(2,3)4;/h6-14,17-18H,15-16H2,1-5H3;/q-1;. The number of hydrogen-bond acceptors (Lipinski definition) is 6. The summed E-state index contributed by atoms with van der Waals surface area (Å²) in [5, 5.41) is 8.43. The molecule has 8 nitrogen and oxygen atoms in total. The number of pyridine rings is 2. The third-order valence-electron chi connectivity index (χ3n) is 5.35. The molecule has 0 saturated carbocycles. The average Bonchev–Trinajstić information content (AvgIpc) is 3.34. The number of aromatic nitrogens is 4. The molecule has 1 aromatic carbocycles. The van der Waals surface area contributed by atoms with Crippen LogP contribution in [0, 0.1) is 6.92 Å². The van der Waals surface area contributed by atoms with Crippen LogP contribution >= 0.6 is 0 Å². The van der Waals surface area contributed by atoms with Crippen LogP contribution in [-0.2, 0) is 24.8 Å². The number of aryl methyl sites for hydroxylation is 1. The van der Waals surface area contributed by atoms with E-state index in [0.29, 0.717) is 18.9 Å². The van der Waals surface area contributed by atoms with Gasteiger partial charge in [-0.05, 0) is 87.4 Å². The SMILES string of the molecule is Cc1cccc(-c2n[n-]cc2-c2ccnc(-c3ccc(OCCN(C)C(=O)OC(C)(C)C)cc3)c2)n1.[Ir]. The fraction of sp³-hybridized carbons (Fsp3) is 0.286. The van der Waals surface area contributed by atoms with Gasteiger partial charge in [-0.1, -0.05) is 6.07 Å². The van der Waals surface area contributed by atoms with E-state index in [1.807, 2.05) is 82.3 Å². The van der Waals surface area contributed by atoms with Gasteiger partial charge in [0.15, 0.2) is 0 Å². The molecule has 0 fully saturated rings. The molecular weight excluding hydrogens is 647 g/mol. The van der Waals surface area contributed by atoms with Gasteiger partial charge in [-0.15, -0.1) is 0 Å². The zero-order chi connectivity index (χ0) is 25.7. The van der Waals surface area contributed by atoms with Crippen LogP contribution in [0.1, 0.15) is 26.5 Å². The van der Waals surface area contributed by atoms with Crippen LogP contribution in [0.4, 0.5) is 4.79 Å². The number of carbonyl (C=O) groups excluding carboxylic acids is 1. The van der Waals surface area contributed by atoms with E-state index < -0.39 is 5.60 Å². The van der Waals surface area contributed by atoms with Gasteiger partial charge in [0, 0.05) is 44.6 Å². The molecule has 0 bridgehead atoms. The Morgan fingerprint density at radius 3 is 2.49 bits per heavy atom. The summed E-state index contributed by atoms with van der Waals surface area (Å²) in [6, 6.07) is 17.5. The second kappa shape index (κ2) is 12.1. The Hall–Kier alpha value is -3.55. The van der Waals surface area contributed by atoms with Crippen molar-refractivity contribution in [1.29, 1.82) is 0 Å². The Labute approximate surface area is 230 Å². The Morgan fingerprint density at radius 2 is 1.78 bits per heavy atom. The van der Waals surface area contributed by atoms with Gasteiger partial charge in [0.2, 0.25) is 0 Å². The first kappa shape index (κ1) is 28.0. The molecule has 0 aliphatic heterocycles. The maximum atomic E-state index is 12.1. The quantitative estimate of drug-likeness (QED) is 0.260. The van der Waals surface area contributed by atoms with Gasteiger partial charge in [0.1, 0.15) is 18.0 Å². The van der Waals surface area contributed by atoms with E-state index in [9.17, 15) is 4.79 Å². The largest absolute Gasteiger partial charge is 0.581 e. The van der Waals surface area contributed by atoms with E-state index in [1.165, 1.54) is 4.90 Å². The first-order valence-electron chi connectivity index (χ1n) is 11.8. The molecule has 37 heavy (non-hydrogen) atoms. The van der Waals surface area contributed by atoms with Crippen molar-refractivity contribution in [2.24, 2.45) is 0 Å². The predicted molar refractivity (Wildman–Crippen MR) is 139 cm³/mol. The molecule has 1 radical (unpaired) electrons. The maximum absolute atomic E-state index is 12.1. The minimum Gasteiger partial charge on any atom is -0.581 e. The van der Waals surface area contributed by atoms with Crippen molar-refractivity contribution in [2.75, 3.05) is 20.2 Å². The third-order valence-corrected chi connectivity index (χ3v) is 5.35. The summed E-state index contributed by atoms with van der Waals surface area (Å²) >= 11 is 0. The van der Waals surface area contributed by atoms with Gasteiger partial charge < -0.3 is 24.6 Å². The van der Waals surface area contributed by atoms with Crippen LogP contribution in [0.3, 0.4) is 0 Å². The van der Waals surface area contributed by atoms with E-state index in [1.54, 1.807) is 19.4 Å². The minimum absolute atomic E-state index is 0. The van der Waals surface area contributed by atoms with Crippen molar-refractivity contribution in [3.05, 3.63) is 72.7 Å². The minimum atomic E-state index is -0.526. The van der Waals surface area contributed by atoms with E-state index in [4.69, 9.17) is 9.47 Å². The first-order chi connectivity index (χ1) is 17.2. The zero-order valence-electron chi connectivity index (χ0n) is 21.6. The Balaban J connectivity index is 0.00000380. The molecule has 1 amide bonds. The van der Waals surface area contributed by atoms with E-state index >= 15 is 0 Å². The van der Waals surface area contributed by atoms with Crippen LogP contribution in [-0.4, -0.2) is 51.9 Å². The summed E-state index contributed by atoms with van der Waals surface area (Å²) in [7, 11) is 1.69. The van der Waals surface area contributed by atoms with Gasteiger partial charge in [-0.3, -0.25) is 9.97 Å². The van der Waals surface area contributed by atoms with Crippen molar-refractivity contribution in [1.82, 2.24) is 25.1 Å². The van der Waals surface area contributed by atoms with Crippen molar-refractivity contribution in [2.45, 2.75) is 33.3 Å². The maximum Gasteiger partial charge on any atom is 0.410 e. The molecule has 0 aliphatic carbocycles. The summed E-state index contributed by atoms with van der Waals surface area (Å²) in [4.78, 5) is 22.7. The van der Waals surface area contributed by atoms with Gasteiger partial charge in [0.05, 0.1) is 23.6 Å². The molecule has 0 spiro atoms. The second-order valence-corrected chi connectivity index (χ2v) is 9.48. The third kappa shape index (κ3) is 7.47. The van der Waals surface area contributed by atoms with E-state index in [-0.39, 0.29) is 26.2 Å². The zero-order valence-corrected chi connectivity index (χ0v) is 24.0. The van der Waals surface area contributed by atoms with Crippen molar-refractivity contribution in [3.63, 3.8) is 0 Å². The van der Waals surface area contributed by atoms with Crippen LogP contribution < -0.4 is 9.84 Å². The van der Waals surface area contributed by atoms with Crippen molar-refractivity contribution < 1.29 is 34.4 Å². The van der Waals surface area contributed by atoms with Gasteiger partial charge in [0.25, 0.3) is 0 Å². The summed E-state index contributed by atoms with van der Waals surface area (Å²) in [5.74, 6) is 0.713. The molecular formula is C28H30IrN5O3-. The summed E-state index contributed by atoms with van der Waals surface area (Å²) in [5.41, 5.74) is 5.60. The number of likely N-dealkylation sites (N-methyl/N-ethyl adjacent to an activating group) is 1. The van der Waals surface area contributed by atoms with Crippen LogP contribution in [0.2, 0.25) is 0 Å². The molecule has 0 N–H and O–H groups in total. The van der Waals surface area contributed by atoms with E-state index in [2.05, 4.69) is 20.2 Å². The molecule has 0 aliphatic rings. The summed E-state index contributed by atoms with van der Waals surface area (Å²) in [6.45, 7) is 8.26. The molecule has 4 aromatic rings. The van der Waals surface area contributed by atoms with Crippen molar-refractivity contribution in [3.8, 4) is 39.5 Å². The molecule has 0 saturated heterocycles. The first-order valence-corrected chi connectivity index (χ1v) is 11.8. The number of nitrogens with zero attached hydrogens (tertiary/aromatic N) is 5. The monoisotopic (exact) mass is 677 g/mol. The van der Waals surface area contributed by atoms with E-state index in [0.717, 1.165) is 39.5 Å². The predicted octanol–water partition coefficient (Wildman–Crippen LogP) is 5.38. The normalized spacial score (nSPS) is 10.9. The number of hydrogen-bond donors (Lipinski definition) is 0. The molecule has 3 heterocycles. The number of benzene rings is 1. The summed E-state index contributed by atoms with van der Waals surface area (Å²) in [6.07, 6.45) is 3.16. The smallest absolute Gasteiger partial charge is 0.410 e. The van der Waals surface area contributed by atoms with Crippen LogP contribution in [0.25, 0.3) is 33.8 Å². The molecule has 9 heteroatoms. The molecule has 4 rings (SSSR count). The fourth-order valence-electron chi connectivity index (χ4n) is 3.54. The number of rotatable bonds is 7. The number of ether oxygens (including phenoxy) is 2.